The Morgan fingerprint density at radius 2 is 1.78 bits per heavy atom. The van der Waals surface area contributed by atoms with Gasteiger partial charge in [-0.25, -0.2) is 4.39 Å². The third-order valence-electron chi connectivity index (χ3n) is 5.18. The van der Waals surface area contributed by atoms with Crippen LogP contribution >= 0.6 is 0 Å². The number of aryl methyl sites for hydroxylation is 1. The number of rotatable bonds is 1. The molecule has 0 radical (unpaired) electrons. The van der Waals surface area contributed by atoms with Crippen molar-refractivity contribution in [3.63, 3.8) is 0 Å². The number of halogens is 1. The summed E-state index contributed by atoms with van der Waals surface area (Å²) in [4.78, 5) is 14.8. The number of nitrogens with one attached hydrogen (secondary N) is 1. The second kappa shape index (κ2) is 5.81. The van der Waals surface area contributed by atoms with Gasteiger partial charge in [0.2, 0.25) is 0 Å². The van der Waals surface area contributed by atoms with Gasteiger partial charge < -0.3 is 10.2 Å². The second-order valence-corrected chi connectivity index (χ2v) is 6.93. The minimum atomic E-state index is -0.445. The molecule has 4 heteroatoms. The first kappa shape index (κ1) is 15.8. The van der Waals surface area contributed by atoms with Crippen molar-refractivity contribution in [2.75, 3.05) is 4.90 Å². The van der Waals surface area contributed by atoms with Crippen molar-refractivity contribution >= 4 is 23.4 Å². The molecule has 2 heterocycles. The normalized spacial score (nSPS) is 17.4. The van der Waals surface area contributed by atoms with Gasteiger partial charge >= 0.3 is 0 Å². The fourth-order valence-corrected chi connectivity index (χ4v) is 3.84. The second-order valence-electron chi connectivity index (χ2n) is 6.93. The lowest BCUT2D eigenvalue weighted by molar-refractivity contribution is 0.0929. The molecule has 1 amide bonds. The molecule has 3 nitrogen and oxygen atoms in total. The SMILES string of the molecule is Cc1ccc(C2=Cc3ccc(F)cc3[C@H]3NC(=O)c4ccccc4N23)cc1. The van der Waals surface area contributed by atoms with E-state index in [4.69, 9.17) is 0 Å². The van der Waals surface area contributed by atoms with E-state index in [1.807, 2.05) is 24.3 Å². The summed E-state index contributed by atoms with van der Waals surface area (Å²) in [5, 5.41) is 3.05. The van der Waals surface area contributed by atoms with E-state index in [2.05, 4.69) is 47.5 Å². The molecule has 0 unspecified atom stereocenters. The summed E-state index contributed by atoms with van der Waals surface area (Å²) in [6.45, 7) is 2.05. The van der Waals surface area contributed by atoms with Gasteiger partial charge in [0.1, 0.15) is 12.0 Å². The van der Waals surface area contributed by atoms with Crippen LogP contribution in [-0.4, -0.2) is 5.91 Å². The third-order valence-corrected chi connectivity index (χ3v) is 5.18. The molecule has 0 saturated carbocycles. The van der Waals surface area contributed by atoms with Gasteiger partial charge in [0, 0.05) is 5.56 Å². The first-order chi connectivity index (χ1) is 13.1. The molecule has 1 N–H and O–H groups in total. The first-order valence-electron chi connectivity index (χ1n) is 8.89. The predicted octanol–water partition coefficient (Wildman–Crippen LogP) is 4.89. The average molecular weight is 356 g/mol. The van der Waals surface area contributed by atoms with E-state index in [0.29, 0.717) is 5.56 Å². The average Bonchev–Trinajstić information content (AvgIpc) is 2.68. The van der Waals surface area contributed by atoms with Gasteiger partial charge in [-0.3, -0.25) is 4.79 Å². The van der Waals surface area contributed by atoms with Crippen LogP contribution < -0.4 is 10.2 Å². The molecule has 2 aliphatic rings. The largest absolute Gasteiger partial charge is 0.327 e. The van der Waals surface area contributed by atoms with Crippen molar-refractivity contribution in [3.05, 3.63) is 100 Å². The number of nitrogens with zero attached hydrogens (tertiary/aromatic N) is 1. The Labute approximate surface area is 156 Å². The Hall–Kier alpha value is -3.40. The van der Waals surface area contributed by atoms with Gasteiger partial charge in [-0.2, -0.15) is 0 Å². The van der Waals surface area contributed by atoms with Crippen molar-refractivity contribution in [1.29, 1.82) is 0 Å². The van der Waals surface area contributed by atoms with Crippen molar-refractivity contribution in [2.45, 2.75) is 13.1 Å². The summed E-state index contributed by atoms with van der Waals surface area (Å²) in [5.74, 6) is -0.457. The van der Waals surface area contributed by atoms with E-state index in [1.165, 1.54) is 17.7 Å². The van der Waals surface area contributed by atoms with Crippen molar-refractivity contribution in [3.8, 4) is 0 Å². The van der Waals surface area contributed by atoms with E-state index in [1.54, 1.807) is 6.07 Å². The molecule has 0 spiro atoms. The van der Waals surface area contributed by atoms with Crippen molar-refractivity contribution in [1.82, 2.24) is 5.32 Å². The number of carbonyl (C=O) groups is 1. The number of hydrogen-bond acceptors (Lipinski definition) is 2. The number of para-hydroxylation sites is 1. The van der Waals surface area contributed by atoms with Gasteiger partial charge in [-0.05, 0) is 48.4 Å². The van der Waals surface area contributed by atoms with Gasteiger partial charge in [0.05, 0.1) is 16.9 Å². The number of hydrogen-bond donors (Lipinski definition) is 1. The topological polar surface area (TPSA) is 32.3 Å². The molecule has 0 aliphatic carbocycles. The summed E-state index contributed by atoms with van der Waals surface area (Å²) in [7, 11) is 0. The van der Waals surface area contributed by atoms with E-state index >= 15 is 0 Å². The zero-order valence-electron chi connectivity index (χ0n) is 14.7. The molecule has 3 aromatic rings. The molecule has 0 bridgehead atoms. The molecule has 0 aromatic heterocycles. The van der Waals surface area contributed by atoms with E-state index in [-0.39, 0.29) is 11.7 Å². The maximum Gasteiger partial charge on any atom is 0.255 e. The summed E-state index contributed by atoms with van der Waals surface area (Å²) < 4.78 is 14.0. The van der Waals surface area contributed by atoms with E-state index < -0.39 is 6.17 Å². The Kier molecular flexibility index (Phi) is 3.41. The fourth-order valence-electron chi connectivity index (χ4n) is 3.84. The van der Waals surface area contributed by atoms with Crippen LogP contribution in [0.25, 0.3) is 11.8 Å². The first-order valence-corrected chi connectivity index (χ1v) is 8.89. The summed E-state index contributed by atoms with van der Waals surface area (Å²) in [5.41, 5.74) is 6.32. The van der Waals surface area contributed by atoms with Crippen LogP contribution in [0.2, 0.25) is 0 Å². The molecule has 27 heavy (non-hydrogen) atoms. The van der Waals surface area contributed by atoms with Crippen LogP contribution in [0.3, 0.4) is 0 Å². The third kappa shape index (κ3) is 2.45. The van der Waals surface area contributed by atoms with Gasteiger partial charge in [0.15, 0.2) is 0 Å². The van der Waals surface area contributed by atoms with E-state index in [9.17, 15) is 9.18 Å². The lowest BCUT2D eigenvalue weighted by Gasteiger charge is -2.43. The molecule has 132 valence electrons. The molecular formula is C23H17FN2O. The Morgan fingerprint density at radius 3 is 2.59 bits per heavy atom. The monoisotopic (exact) mass is 356 g/mol. The maximum absolute atomic E-state index is 14.0. The van der Waals surface area contributed by atoms with E-state index in [0.717, 1.165) is 28.1 Å². The highest BCUT2D eigenvalue weighted by atomic mass is 19.1. The maximum atomic E-state index is 14.0. The molecule has 2 aliphatic heterocycles. The quantitative estimate of drug-likeness (QED) is 0.673. The minimum absolute atomic E-state index is 0.146. The van der Waals surface area contributed by atoms with Crippen molar-refractivity contribution < 1.29 is 9.18 Å². The van der Waals surface area contributed by atoms with Crippen LogP contribution in [0.4, 0.5) is 10.1 Å². The standard InChI is InChI=1S/C23H17FN2O/c1-14-6-8-15(9-7-14)21-12-16-10-11-17(24)13-19(16)22-25-23(27)18-4-2-3-5-20(18)26(21)22/h2-13,22H,1H3,(H,25,27)/t22-/m0/s1. The molecule has 0 fully saturated rings. The molecular weight excluding hydrogens is 339 g/mol. The molecule has 5 rings (SSSR count). The lowest BCUT2D eigenvalue weighted by atomic mass is 9.91. The smallest absolute Gasteiger partial charge is 0.255 e. The zero-order chi connectivity index (χ0) is 18.5. The van der Waals surface area contributed by atoms with Crippen LogP contribution in [-0.2, 0) is 0 Å². The Morgan fingerprint density at radius 1 is 1.00 bits per heavy atom. The zero-order valence-corrected chi connectivity index (χ0v) is 14.7. The number of amides is 1. The van der Waals surface area contributed by atoms with Crippen molar-refractivity contribution in [2.24, 2.45) is 0 Å². The molecule has 1 atom stereocenters. The molecule has 0 saturated heterocycles. The Balaban J connectivity index is 1.78. The molecule has 3 aromatic carbocycles. The number of benzene rings is 3. The number of fused-ring (bicyclic) bond motifs is 5. The van der Waals surface area contributed by atoms with Gasteiger partial charge in [0.25, 0.3) is 5.91 Å². The van der Waals surface area contributed by atoms with Gasteiger partial charge in [-0.1, -0.05) is 48.0 Å². The minimum Gasteiger partial charge on any atom is -0.327 e. The highest BCUT2D eigenvalue weighted by Gasteiger charge is 2.37. The van der Waals surface area contributed by atoms with Gasteiger partial charge in [-0.15, -0.1) is 0 Å². The number of anilines is 1. The fraction of sp³-hybridized carbons (Fsp3) is 0.0870. The van der Waals surface area contributed by atoms with Crippen LogP contribution in [0.5, 0.6) is 0 Å². The lowest BCUT2D eigenvalue weighted by Crippen LogP contribution is -2.47. The Bertz CT molecular complexity index is 1100. The summed E-state index contributed by atoms with van der Waals surface area (Å²) in [6.07, 6.45) is 1.61. The summed E-state index contributed by atoms with van der Waals surface area (Å²) in [6, 6.07) is 20.5. The summed E-state index contributed by atoms with van der Waals surface area (Å²) >= 11 is 0. The number of carbonyl (C=O) groups excluding carboxylic acids is 1. The van der Waals surface area contributed by atoms with Crippen LogP contribution in [0.1, 0.15) is 38.8 Å². The highest BCUT2D eigenvalue weighted by molar-refractivity contribution is 6.07. The predicted molar refractivity (Wildman–Crippen MR) is 105 cm³/mol. The highest BCUT2D eigenvalue weighted by Crippen LogP contribution is 2.44. The van der Waals surface area contributed by atoms with Crippen LogP contribution in [0.15, 0.2) is 66.7 Å². The van der Waals surface area contributed by atoms with Crippen LogP contribution in [0, 0.1) is 12.7 Å².